The molecule has 6 unspecified atom stereocenters. The summed E-state index contributed by atoms with van der Waals surface area (Å²) >= 11 is 0. The van der Waals surface area contributed by atoms with E-state index in [1.165, 1.54) is 77.3 Å². The largest absolute Gasteiger partial charge is 0.469 e. The van der Waals surface area contributed by atoms with Crippen molar-refractivity contribution in [3.05, 3.63) is 11.6 Å². The minimum absolute atomic E-state index is 0.0562. The Morgan fingerprint density at radius 2 is 1.70 bits per heavy atom. The van der Waals surface area contributed by atoms with Crippen molar-refractivity contribution in [2.24, 2.45) is 34.5 Å². The van der Waals surface area contributed by atoms with Crippen molar-refractivity contribution in [2.45, 2.75) is 106 Å². The van der Waals surface area contributed by atoms with E-state index in [-0.39, 0.29) is 11.4 Å². The van der Waals surface area contributed by atoms with E-state index in [0.29, 0.717) is 11.3 Å². The molecule has 0 aromatic carbocycles. The Labute approximate surface area is 186 Å². The van der Waals surface area contributed by atoms with Gasteiger partial charge >= 0.3 is 5.97 Å². The third kappa shape index (κ3) is 5.37. The fourth-order valence-corrected chi connectivity index (χ4v) is 6.76. The lowest BCUT2D eigenvalue weighted by Gasteiger charge is -2.56. The first kappa shape index (κ1) is 26.9. The summed E-state index contributed by atoms with van der Waals surface area (Å²) in [5, 5.41) is 0. The number of aldehydes is 1. The molecule has 0 spiro atoms. The van der Waals surface area contributed by atoms with E-state index in [9.17, 15) is 9.59 Å². The van der Waals surface area contributed by atoms with Crippen LogP contribution in [-0.4, -0.2) is 19.4 Å². The Hall–Kier alpha value is -1.12. The van der Waals surface area contributed by atoms with E-state index >= 15 is 0 Å². The minimum Gasteiger partial charge on any atom is -0.469 e. The molecule has 3 saturated carbocycles. The number of carbonyl (C=O) groups excluding carboxylic acids is 2. The number of carbonyl (C=O) groups is 2. The Morgan fingerprint density at radius 3 is 2.27 bits per heavy atom. The van der Waals surface area contributed by atoms with Gasteiger partial charge in [-0.05, 0) is 80.5 Å². The maximum Gasteiger partial charge on any atom is 0.302 e. The van der Waals surface area contributed by atoms with Gasteiger partial charge in [-0.1, -0.05) is 59.6 Å². The first-order valence-corrected chi connectivity index (χ1v) is 12.6. The van der Waals surface area contributed by atoms with Gasteiger partial charge in [-0.25, -0.2) is 0 Å². The summed E-state index contributed by atoms with van der Waals surface area (Å²) in [7, 11) is 1.35. The molecule has 0 aromatic rings. The predicted molar refractivity (Wildman–Crippen MR) is 126 cm³/mol. The fraction of sp³-hybridized carbons (Fsp3) is 0.852. The van der Waals surface area contributed by atoms with Gasteiger partial charge in [-0.2, -0.15) is 0 Å². The zero-order valence-corrected chi connectivity index (χ0v) is 21.1. The first-order chi connectivity index (χ1) is 14.4. The van der Waals surface area contributed by atoms with Crippen molar-refractivity contribution in [1.29, 1.82) is 0 Å². The second-order valence-corrected chi connectivity index (χ2v) is 9.63. The molecule has 0 heterocycles. The smallest absolute Gasteiger partial charge is 0.302 e. The molecule has 0 bridgehead atoms. The first-order valence-electron chi connectivity index (χ1n) is 12.6. The molecule has 4 aliphatic carbocycles. The number of methoxy groups -OCH3 is 1. The number of ether oxygens (including phenoxy) is 1. The van der Waals surface area contributed by atoms with Crippen LogP contribution in [0.25, 0.3) is 0 Å². The molecule has 0 saturated heterocycles. The van der Waals surface area contributed by atoms with Crippen LogP contribution < -0.4 is 0 Å². The van der Waals surface area contributed by atoms with Crippen molar-refractivity contribution < 1.29 is 14.3 Å². The molecule has 3 heteroatoms. The van der Waals surface area contributed by atoms with Gasteiger partial charge in [-0.15, -0.1) is 0 Å². The van der Waals surface area contributed by atoms with Crippen LogP contribution in [-0.2, 0) is 14.3 Å². The van der Waals surface area contributed by atoms with Crippen LogP contribution in [0.4, 0.5) is 0 Å². The highest BCUT2D eigenvalue weighted by Crippen LogP contribution is 2.64. The molecule has 4 rings (SSSR count). The average molecular weight is 421 g/mol. The summed E-state index contributed by atoms with van der Waals surface area (Å²) in [6.07, 6.45) is 15.7. The van der Waals surface area contributed by atoms with Gasteiger partial charge in [0.15, 0.2) is 0 Å². The summed E-state index contributed by atoms with van der Waals surface area (Å²) in [6.45, 7) is 14.3. The van der Waals surface area contributed by atoms with Crippen LogP contribution in [0.1, 0.15) is 106 Å². The van der Waals surface area contributed by atoms with Crippen molar-refractivity contribution in [3.63, 3.8) is 0 Å². The summed E-state index contributed by atoms with van der Waals surface area (Å²) in [4.78, 5) is 21.8. The lowest BCUT2D eigenvalue weighted by Crippen LogP contribution is -2.50. The van der Waals surface area contributed by atoms with E-state index < -0.39 is 0 Å². The highest BCUT2D eigenvalue weighted by atomic mass is 16.5. The predicted octanol–water partition coefficient (Wildman–Crippen LogP) is 7.39. The molecule has 0 N–H and O–H groups in total. The van der Waals surface area contributed by atoms with Gasteiger partial charge in [0, 0.05) is 12.3 Å². The van der Waals surface area contributed by atoms with Crippen LogP contribution in [0.5, 0.6) is 0 Å². The average Bonchev–Trinajstić information content (AvgIpc) is 3.18. The van der Waals surface area contributed by atoms with Crippen LogP contribution in [0.3, 0.4) is 0 Å². The topological polar surface area (TPSA) is 43.4 Å². The quantitative estimate of drug-likeness (QED) is 0.252. The second-order valence-electron chi connectivity index (χ2n) is 9.63. The molecule has 3 nitrogen and oxygen atoms in total. The summed E-state index contributed by atoms with van der Waals surface area (Å²) < 4.78 is 4.11. The summed E-state index contributed by atoms with van der Waals surface area (Å²) in [5.74, 6) is 2.89. The van der Waals surface area contributed by atoms with Crippen LogP contribution in [0.15, 0.2) is 11.6 Å². The van der Waals surface area contributed by atoms with E-state index in [0.717, 1.165) is 24.2 Å². The third-order valence-electron chi connectivity index (χ3n) is 8.23. The van der Waals surface area contributed by atoms with E-state index in [4.69, 9.17) is 0 Å². The Balaban J connectivity index is 0.000000435. The highest BCUT2D eigenvalue weighted by Gasteiger charge is 2.57. The molecule has 30 heavy (non-hydrogen) atoms. The molecular formula is C27H48O3. The standard InChI is InChI=1S/C20H30O.C3H6O2.2C2H6/c1-14-7-11-20(13-21)15(12-14)5-6-16-17-4-3-9-19(17,2)10-8-18(16)20;1-3(4)5-2;2*1-2/h5,13-14,16-18H,3-4,6-12H2,1-2H3;1-2H3;2*1-2H3. The molecule has 0 amide bonds. The molecular weight excluding hydrogens is 372 g/mol. The highest BCUT2D eigenvalue weighted by molar-refractivity contribution is 5.67. The molecule has 174 valence electrons. The number of allylic oxidation sites excluding steroid dienone is 2. The third-order valence-corrected chi connectivity index (χ3v) is 8.23. The van der Waals surface area contributed by atoms with Crippen LogP contribution >= 0.6 is 0 Å². The summed E-state index contributed by atoms with van der Waals surface area (Å²) in [5.41, 5.74) is 2.07. The minimum atomic E-state index is -0.245. The lowest BCUT2D eigenvalue weighted by molar-refractivity contribution is -0.137. The number of rotatable bonds is 1. The number of fused-ring (bicyclic) bond motifs is 5. The molecule has 0 aromatic heterocycles. The van der Waals surface area contributed by atoms with Gasteiger partial charge in [-0.3, -0.25) is 4.79 Å². The second kappa shape index (κ2) is 12.1. The Morgan fingerprint density at radius 1 is 1.07 bits per heavy atom. The van der Waals surface area contributed by atoms with Crippen molar-refractivity contribution in [1.82, 2.24) is 0 Å². The molecule has 0 radical (unpaired) electrons. The van der Waals surface area contributed by atoms with Crippen LogP contribution in [0, 0.1) is 34.5 Å². The van der Waals surface area contributed by atoms with Gasteiger partial charge in [0.1, 0.15) is 6.29 Å². The number of hydrogen-bond acceptors (Lipinski definition) is 3. The zero-order chi connectivity index (χ0) is 22.9. The SMILES string of the molecule is CC.CC.CC1CCC2(C=O)C(=CCC3C4CCCC4(C)CCC32)C1.COC(C)=O. The fourth-order valence-electron chi connectivity index (χ4n) is 6.76. The summed E-state index contributed by atoms with van der Waals surface area (Å²) in [6, 6.07) is 0. The maximum absolute atomic E-state index is 12.2. The van der Waals surface area contributed by atoms with Crippen molar-refractivity contribution in [3.8, 4) is 0 Å². The van der Waals surface area contributed by atoms with E-state index in [2.05, 4.69) is 24.7 Å². The van der Waals surface area contributed by atoms with E-state index in [1.54, 1.807) is 0 Å². The van der Waals surface area contributed by atoms with Crippen molar-refractivity contribution in [2.75, 3.05) is 7.11 Å². The monoisotopic (exact) mass is 420 g/mol. The van der Waals surface area contributed by atoms with Gasteiger partial charge in [0.2, 0.25) is 0 Å². The number of hydrogen-bond donors (Lipinski definition) is 0. The van der Waals surface area contributed by atoms with Gasteiger partial charge in [0.25, 0.3) is 0 Å². The van der Waals surface area contributed by atoms with Gasteiger partial charge in [0.05, 0.1) is 7.11 Å². The Bertz CT molecular complexity index is 581. The molecule has 4 aliphatic rings. The van der Waals surface area contributed by atoms with Crippen molar-refractivity contribution >= 4 is 12.3 Å². The number of esters is 1. The molecule has 0 aliphatic heterocycles. The zero-order valence-electron chi connectivity index (χ0n) is 21.1. The molecule has 6 atom stereocenters. The maximum atomic E-state index is 12.2. The lowest BCUT2D eigenvalue weighted by atomic mass is 9.47. The normalized spacial score (nSPS) is 38.2. The molecule has 3 fully saturated rings. The van der Waals surface area contributed by atoms with Gasteiger partial charge < -0.3 is 9.53 Å². The Kier molecular flexibility index (Phi) is 10.8. The van der Waals surface area contributed by atoms with E-state index in [1.807, 2.05) is 27.7 Å². The van der Waals surface area contributed by atoms with Crippen LogP contribution in [0.2, 0.25) is 0 Å².